The molecule has 0 unspecified atom stereocenters. The molecule has 6 heteroatoms. The monoisotopic (exact) mass is 406 g/mol. The first-order valence-corrected chi connectivity index (χ1v) is 9.42. The van der Waals surface area contributed by atoms with E-state index in [2.05, 4.69) is 13.2 Å². The van der Waals surface area contributed by atoms with Gasteiger partial charge >= 0.3 is 11.9 Å². The summed E-state index contributed by atoms with van der Waals surface area (Å²) in [5.41, 5.74) is 0. The van der Waals surface area contributed by atoms with E-state index in [4.69, 9.17) is 18.9 Å². The van der Waals surface area contributed by atoms with Crippen LogP contribution in [0.1, 0.15) is 0 Å². The second-order valence-electron chi connectivity index (χ2n) is 6.25. The van der Waals surface area contributed by atoms with Gasteiger partial charge in [-0.25, -0.2) is 9.59 Å². The van der Waals surface area contributed by atoms with E-state index in [1.807, 2.05) is 36.4 Å². The van der Waals surface area contributed by atoms with Crippen LogP contribution < -0.4 is 9.47 Å². The van der Waals surface area contributed by atoms with Gasteiger partial charge in [0.1, 0.15) is 37.9 Å². The van der Waals surface area contributed by atoms with Gasteiger partial charge in [0.25, 0.3) is 0 Å². The van der Waals surface area contributed by atoms with Gasteiger partial charge < -0.3 is 18.9 Å². The maximum atomic E-state index is 11.2. The summed E-state index contributed by atoms with van der Waals surface area (Å²) >= 11 is 0. The molecule has 6 nitrogen and oxygen atoms in total. The van der Waals surface area contributed by atoms with Crippen molar-refractivity contribution >= 4 is 33.5 Å². The highest BCUT2D eigenvalue weighted by Crippen LogP contribution is 2.36. The molecule has 0 bridgehead atoms. The van der Waals surface area contributed by atoms with Crippen LogP contribution in [0, 0.1) is 0 Å². The summed E-state index contributed by atoms with van der Waals surface area (Å²) in [7, 11) is 0. The highest BCUT2D eigenvalue weighted by molar-refractivity contribution is 6.03. The Morgan fingerprint density at radius 3 is 1.53 bits per heavy atom. The Hall–Kier alpha value is -3.80. The van der Waals surface area contributed by atoms with Crippen LogP contribution >= 0.6 is 0 Å². The molecule has 0 fully saturated rings. The zero-order valence-corrected chi connectivity index (χ0v) is 16.5. The molecule has 0 amide bonds. The average molecular weight is 406 g/mol. The normalized spacial score (nSPS) is 10.4. The molecule has 0 heterocycles. The first-order valence-electron chi connectivity index (χ1n) is 9.42. The van der Waals surface area contributed by atoms with Crippen LogP contribution in [0.15, 0.2) is 73.8 Å². The lowest BCUT2D eigenvalue weighted by atomic mass is 10.0. The van der Waals surface area contributed by atoms with Crippen LogP contribution in [0.3, 0.4) is 0 Å². The Morgan fingerprint density at radius 1 is 0.700 bits per heavy atom. The van der Waals surface area contributed by atoms with Crippen LogP contribution in [0.4, 0.5) is 0 Å². The van der Waals surface area contributed by atoms with E-state index in [0.717, 1.165) is 33.7 Å². The number of fused-ring (bicyclic) bond motifs is 2. The smallest absolute Gasteiger partial charge is 0.330 e. The van der Waals surface area contributed by atoms with Crippen LogP contribution in [0.5, 0.6) is 11.5 Å². The Bertz CT molecular complexity index is 1000. The quantitative estimate of drug-likeness (QED) is 0.217. The molecule has 30 heavy (non-hydrogen) atoms. The number of carbonyl (C=O) groups is 2. The lowest BCUT2D eigenvalue weighted by Gasteiger charge is -2.15. The van der Waals surface area contributed by atoms with Crippen molar-refractivity contribution < 1.29 is 28.5 Å². The minimum absolute atomic E-state index is 0.118. The van der Waals surface area contributed by atoms with Crippen LogP contribution in [-0.4, -0.2) is 38.4 Å². The Labute approximate surface area is 174 Å². The first-order chi connectivity index (χ1) is 14.6. The SMILES string of the molecule is C=CC(=O)OCCOc1ccc(OCCOC(=O)C=C)c2cc3ccccc3cc12. The van der Waals surface area contributed by atoms with Crippen molar-refractivity contribution in [2.24, 2.45) is 0 Å². The van der Waals surface area contributed by atoms with Crippen molar-refractivity contribution in [3.05, 3.63) is 73.8 Å². The third kappa shape index (κ3) is 5.17. The van der Waals surface area contributed by atoms with Gasteiger partial charge in [-0.05, 0) is 35.0 Å². The molecule has 0 atom stereocenters. The third-order valence-corrected chi connectivity index (χ3v) is 4.31. The lowest BCUT2D eigenvalue weighted by Crippen LogP contribution is -2.11. The van der Waals surface area contributed by atoms with Gasteiger partial charge in [-0.15, -0.1) is 0 Å². The minimum atomic E-state index is -0.490. The molecule has 0 aliphatic carbocycles. The number of hydrogen-bond donors (Lipinski definition) is 0. The molecule has 0 aromatic heterocycles. The van der Waals surface area contributed by atoms with Gasteiger partial charge in [0, 0.05) is 22.9 Å². The first kappa shape index (κ1) is 20.9. The van der Waals surface area contributed by atoms with Crippen molar-refractivity contribution in [1.29, 1.82) is 0 Å². The number of ether oxygens (including phenoxy) is 4. The van der Waals surface area contributed by atoms with E-state index in [9.17, 15) is 9.59 Å². The van der Waals surface area contributed by atoms with Gasteiger partial charge in [0.05, 0.1) is 0 Å². The standard InChI is InChI=1S/C24H22O6/c1-3-23(25)29-13-11-27-21-9-10-22(28-12-14-30-24(26)4-2)20-16-18-8-6-5-7-17(18)15-19(20)21/h3-10,15-16H,1-2,11-14H2. The Kier molecular flexibility index (Phi) is 7.05. The van der Waals surface area contributed by atoms with E-state index in [1.54, 1.807) is 12.1 Å². The fraction of sp³-hybridized carbons (Fsp3) is 0.167. The molecule has 154 valence electrons. The number of carbonyl (C=O) groups excluding carboxylic acids is 2. The largest absolute Gasteiger partial charge is 0.489 e. The molecule has 3 rings (SSSR count). The summed E-state index contributed by atoms with van der Waals surface area (Å²) in [5, 5.41) is 3.85. The highest BCUT2D eigenvalue weighted by atomic mass is 16.6. The molecular formula is C24H22O6. The van der Waals surface area contributed by atoms with Gasteiger partial charge in [-0.3, -0.25) is 0 Å². The zero-order chi connectivity index (χ0) is 21.3. The molecular weight excluding hydrogens is 384 g/mol. The Morgan fingerprint density at radius 2 is 1.13 bits per heavy atom. The topological polar surface area (TPSA) is 71.1 Å². The molecule has 0 saturated heterocycles. The highest BCUT2D eigenvalue weighted by Gasteiger charge is 2.11. The molecule has 0 aliphatic heterocycles. The summed E-state index contributed by atoms with van der Waals surface area (Å²) in [4.78, 5) is 22.3. The van der Waals surface area contributed by atoms with Gasteiger partial charge in [-0.2, -0.15) is 0 Å². The number of rotatable bonds is 10. The summed E-state index contributed by atoms with van der Waals surface area (Å²) in [6, 6.07) is 15.6. The van der Waals surface area contributed by atoms with Crippen molar-refractivity contribution in [1.82, 2.24) is 0 Å². The fourth-order valence-electron chi connectivity index (χ4n) is 2.94. The van der Waals surface area contributed by atoms with Crippen LogP contribution in [0.2, 0.25) is 0 Å². The fourth-order valence-corrected chi connectivity index (χ4v) is 2.94. The third-order valence-electron chi connectivity index (χ3n) is 4.31. The second kappa shape index (κ2) is 10.1. The predicted octanol–water partition coefficient (Wildman–Crippen LogP) is 4.21. The summed E-state index contributed by atoms with van der Waals surface area (Å²) in [5.74, 6) is 0.317. The van der Waals surface area contributed by atoms with E-state index in [1.165, 1.54) is 0 Å². The molecule has 0 radical (unpaired) electrons. The number of hydrogen-bond acceptors (Lipinski definition) is 6. The second-order valence-corrected chi connectivity index (χ2v) is 6.25. The summed E-state index contributed by atoms with van der Waals surface area (Å²) in [6.07, 6.45) is 2.22. The van der Waals surface area contributed by atoms with E-state index in [-0.39, 0.29) is 26.4 Å². The molecule has 0 aliphatic rings. The number of esters is 2. The maximum absolute atomic E-state index is 11.2. The molecule has 0 spiro atoms. The predicted molar refractivity (Wildman–Crippen MR) is 115 cm³/mol. The molecule has 0 saturated carbocycles. The lowest BCUT2D eigenvalue weighted by molar-refractivity contribution is -0.139. The maximum Gasteiger partial charge on any atom is 0.330 e. The molecule has 3 aromatic carbocycles. The van der Waals surface area contributed by atoms with Gasteiger partial charge in [-0.1, -0.05) is 37.4 Å². The van der Waals surface area contributed by atoms with Crippen molar-refractivity contribution in [2.75, 3.05) is 26.4 Å². The molecule has 0 N–H and O–H groups in total. The van der Waals surface area contributed by atoms with E-state index < -0.39 is 11.9 Å². The Balaban J connectivity index is 1.83. The summed E-state index contributed by atoms with van der Waals surface area (Å²) < 4.78 is 21.6. The van der Waals surface area contributed by atoms with Crippen LogP contribution in [0.25, 0.3) is 21.5 Å². The van der Waals surface area contributed by atoms with Gasteiger partial charge in [0.15, 0.2) is 0 Å². The summed E-state index contributed by atoms with van der Waals surface area (Å²) in [6.45, 7) is 7.37. The van der Waals surface area contributed by atoms with E-state index >= 15 is 0 Å². The van der Waals surface area contributed by atoms with Crippen molar-refractivity contribution in [3.8, 4) is 11.5 Å². The average Bonchev–Trinajstić information content (AvgIpc) is 2.78. The molecule has 3 aromatic rings. The van der Waals surface area contributed by atoms with Crippen molar-refractivity contribution in [2.45, 2.75) is 0 Å². The zero-order valence-electron chi connectivity index (χ0n) is 16.5. The van der Waals surface area contributed by atoms with Gasteiger partial charge in [0.2, 0.25) is 0 Å². The van der Waals surface area contributed by atoms with Crippen molar-refractivity contribution in [3.63, 3.8) is 0 Å². The number of benzene rings is 3. The van der Waals surface area contributed by atoms with E-state index in [0.29, 0.717) is 11.5 Å². The van der Waals surface area contributed by atoms with Crippen LogP contribution in [-0.2, 0) is 19.1 Å². The minimum Gasteiger partial charge on any atom is -0.489 e.